The number of hydrogen-bond donors (Lipinski definition) is 1. The molecule has 3 unspecified atom stereocenters. The van der Waals surface area contributed by atoms with Crippen LogP contribution in [0.5, 0.6) is 0 Å². The summed E-state index contributed by atoms with van der Waals surface area (Å²) >= 11 is 0. The maximum Gasteiger partial charge on any atom is 0.297 e. The molecule has 0 saturated carbocycles. The molecular weight excluding hydrogens is 442 g/mol. The number of benzene rings is 2. The third-order valence-electron chi connectivity index (χ3n) is 4.97. The average Bonchev–Trinajstić information content (AvgIpc) is 2.77. The van der Waals surface area contributed by atoms with Gasteiger partial charge in [0.05, 0.1) is 16.4 Å². The fourth-order valence-electron chi connectivity index (χ4n) is 3.29. The van der Waals surface area contributed by atoms with Crippen LogP contribution in [-0.2, 0) is 33.6 Å². The second-order valence-corrected chi connectivity index (χ2v) is 11.7. The van der Waals surface area contributed by atoms with Gasteiger partial charge in [0, 0.05) is 0 Å². The molecule has 1 aliphatic heterocycles. The van der Waals surface area contributed by atoms with Gasteiger partial charge in [0.15, 0.2) is 15.6 Å². The van der Waals surface area contributed by atoms with E-state index in [2.05, 4.69) is 0 Å². The van der Waals surface area contributed by atoms with Crippen molar-refractivity contribution in [3.8, 4) is 0 Å². The molecule has 1 fully saturated rings. The van der Waals surface area contributed by atoms with E-state index in [0.717, 1.165) is 11.1 Å². The summed E-state index contributed by atoms with van der Waals surface area (Å²) in [4.78, 5) is -0.106. The summed E-state index contributed by atoms with van der Waals surface area (Å²) < 4.78 is 69.3. The van der Waals surface area contributed by atoms with Gasteiger partial charge in [-0.2, -0.15) is 8.42 Å². The molecule has 1 saturated heterocycles. The highest BCUT2D eigenvalue weighted by Crippen LogP contribution is 2.31. The van der Waals surface area contributed by atoms with Gasteiger partial charge in [-0.1, -0.05) is 35.4 Å². The first-order valence-corrected chi connectivity index (χ1v) is 12.7. The fourth-order valence-corrected chi connectivity index (χ4v) is 6.21. The predicted octanol–water partition coefficient (Wildman–Crippen LogP) is 2.29. The van der Waals surface area contributed by atoms with E-state index in [9.17, 15) is 16.8 Å². The van der Waals surface area contributed by atoms with Crippen molar-refractivity contribution in [1.29, 1.82) is 0 Å². The van der Waals surface area contributed by atoms with Gasteiger partial charge in [0.2, 0.25) is 0 Å². The quantitative estimate of drug-likeness (QED) is 0.662. The third-order valence-corrected chi connectivity index (χ3v) is 8.54. The third kappa shape index (κ3) is 5.33. The molecule has 0 radical (unpaired) electrons. The Morgan fingerprint density at radius 3 is 1.90 bits per heavy atom. The summed E-state index contributed by atoms with van der Waals surface area (Å²) in [5, 5.41) is -1.52. The second-order valence-electron chi connectivity index (χ2n) is 8.02. The van der Waals surface area contributed by atoms with Crippen molar-refractivity contribution in [3.05, 3.63) is 59.7 Å². The van der Waals surface area contributed by atoms with Gasteiger partial charge in [-0.05, 0) is 52.0 Å². The largest absolute Gasteiger partial charge is 0.348 e. The Kier molecular flexibility index (Phi) is 6.62. The topological polar surface area (TPSA) is 122 Å². The van der Waals surface area contributed by atoms with Crippen molar-refractivity contribution < 1.29 is 30.5 Å². The van der Waals surface area contributed by atoms with Crippen molar-refractivity contribution in [1.82, 2.24) is 0 Å². The number of hydrogen-bond acceptors (Lipinski definition) is 8. The Bertz CT molecular complexity index is 1130. The molecule has 170 valence electrons. The van der Waals surface area contributed by atoms with Crippen LogP contribution in [0.4, 0.5) is 0 Å². The zero-order valence-corrected chi connectivity index (χ0v) is 19.4. The van der Waals surface area contributed by atoms with Gasteiger partial charge in [0.1, 0.15) is 17.6 Å². The van der Waals surface area contributed by atoms with Crippen LogP contribution in [0.3, 0.4) is 0 Å². The van der Waals surface area contributed by atoms with Crippen molar-refractivity contribution in [2.45, 2.75) is 60.9 Å². The lowest BCUT2D eigenvalue weighted by atomic mass is 10.2. The van der Waals surface area contributed by atoms with Gasteiger partial charge in [-0.25, -0.2) is 8.42 Å². The van der Waals surface area contributed by atoms with E-state index in [1.165, 1.54) is 24.3 Å². The molecule has 31 heavy (non-hydrogen) atoms. The Hall–Kier alpha value is -1.82. The molecule has 0 aliphatic carbocycles. The minimum absolute atomic E-state index is 0.0109. The Balaban J connectivity index is 2.03. The Morgan fingerprint density at radius 2 is 1.39 bits per heavy atom. The summed E-state index contributed by atoms with van der Waals surface area (Å²) in [5.41, 5.74) is 7.86. The maximum absolute atomic E-state index is 13.5. The van der Waals surface area contributed by atoms with Crippen molar-refractivity contribution >= 4 is 20.0 Å². The average molecular weight is 470 g/mol. The van der Waals surface area contributed by atoms with E-state index in [-0.39, 0.29) is 16.4 Å². The number of rotatable bonds is 5. The molecule has 1 aliphatic rings. The first kappa shape index (κ1) is 23.8. The summed E-state index contributed by atoms with van der Waals surface area (Å²) in [6.07, 6.45) is -2.81. The minimum atomic E-state index is -4.29. The highest BCUT2D eigenvalue weighted by Gasteiger charge is 2.48. The second kappa shape index (κ2) is 8.61. The van der Waals surface area contributed by atoms with Crippen LogP contribution < -0.4 is 5.73 Å². The molecule has 0 bridgehead atoms. The molecule has 2 aromatic rings. The first-order chi connectivity index (χ1) is 14.3. The minimum Gasteiger partial charge on any atom is -0.348 e. The lowest BCUT2D eigenvalue weighted by Gasteiger charge is -2.29. The van der Waals surface area contributed by atoms with Gasteiger partial charge >= 0.3 is 0 Å². The zero-order valence-electron chi connectivity index (χ0n) is 17.8. The number of ether oxygens (including phenoxy) is 2. The molecule has 8 nitrogen and oxygen atoms in total. The van der Waals surface area contributed by atoms with Crippen LogP contribution in [0.25, 0.3) is 0 Å². The van der Waals surface area contributed by atoms with Gasteiger partial charge in [0.25, 0.3) is 10.1 Å². The lowest BCUT2D eigenvalue weighted by Crippen LogP contribution is -2.51. The van der Waals surface area contributed by atoms with E-state index >= 15 is 0 Å². The molecule has 1 heterocycles. The normalized spacial score (nSPS) is 24.5. The van der Waals surface area contributed by atoms with Crippen LogP contribution in [0.15, 0.2) is 58.3 Å². The van der Waals surface area contributed by atoms with Crippen molar-refractivity contribution in [2.24, 2.45) is 5.73 Å². The first-order valence-electron chi connectivity index (χ1n) is 9.70. The molecule has 0 spiro atoms. The van der Waals surface area contributed by atoms with Crippen LogP contribution >= 0.6 is 0 Å². The predicted molar refractivity (Wildman–Crippen MR) is 114 cm³/mol. The molecule has 3 rings (SSSR count). The lowest BCUT2D eigenvalue weighted by molar-refractivity contribution is -0.222. The smallest absolute Gasteiger partial charge is 0.297 e. The van der Waals surface area contributed by atoms with Crippen LogP contribution in [0.2, 0.25) is 0 Å². The van der Waals surface area contributed by atoms with E-state index in [1.807, 2.05) is 13.8 Å². The zero-order chi connectivity index (χ0) is 23.0. The Labute approximate surface area is 183 Å². The molecule has 2 N–H and O–H groups in total. The molecule has 3 atom stereocenters. The Morgan fingerprint density at radius 1 is 0.903 bits per heavy atom. The van der Waals surface area contributed by atoms with Gasteiger partial charge in [-0.15, -0.1) is 0 Å². The molecular formula is C21H27NO7S2. The monoisotopic (exact) mass is 469 g/mol. The SMILES string of the molecule is Cc1ccc(S(=O)(=O)OC2COC(C)(C)OC(N)C2S(=O)(=O)c2ccc(C)cc2)cc1. The molecule has 0 amide bonds. The highest BCUT2D eigenvalue weighted by atomic mass is 32.2. The summed E-state index contributed by atoms with van der Waals surface area (Å²) in [6.45, 7) is 6.44. The van der Waals surface area contributed by atoms with Gasteiger partial charge < -0.3 is 15.2 Å². The van der Waals surface area contributed by atoms with E-state index < -0.39 is 43.3 Å². The molecule has 2 aromatic carbocycles. The van der Waals surface area contributed by atoms with E-state index in [4.69, 9.17) is 19.4 Å². The highest BCUT2D eigenvalue weighted by molar-refractivity contribution is 7.92. The summed E-state index contributed by atoms with van der Waals surface area (Å²) in [6, 6.07) is 12.2. The maximum atomic E-state index is 13.5. The van der Waals surface area contributed by atoms with E-state index in [0.29, 0.717) is 0 Å². The summed E-state index contributed by atoms with van der Waals surface area (Å²) in [7, 11) is -8.42. The molecule has 0 aromatic heterocycles. The van der Waals surface area contributed by atoms with Crippen molar-refractivity contribution in [3.63, 3.8) is 0 Å². The number of nitrogens with two attached hydrogens (primary N) is 1. The van der Waals surface area contributed by atoms with Crippen LogP contribution in [-0.4, -0.2) is 46.8 Å². The molecule has 10 heteroatoms. The fraction of sp³-hybridized carbons (Fsp3) is 0.429. The van der Waals surface area contributed by atoms with Gasteiger partial charge in [-0.3, -0.25) is 4.18 Å². The van der Waals surface area contributed by atoms with E-state index in [1.54, 1.807) is 38.1 Å². The van der Waals surface area contributed by atoms with Crippen LogP contribution in [0.1, 0.15) is 25.0 Å². The standard InChI is InChI=1S/C21H27NO7S2/c1-14-5-9-16(10-6-14)30(23,24)19-18(13-27-21(3,4)28-20(19)22)29-31(25,26)17-11-7-15(2)8-12-17/h5-12,18-20H,13,22H2,1-4H3. The van der Waals surface area contributed by atoms with Crippen molar-refractivity contribution in [2.75, 3.05) is 6.61 Å². The summed E-state index contributed by atoms with van der Waals surface area (Å²) in [5.74, 6) is -1.23. The number of aryl methyl sites for hydroxylation is 2. The number of sulfone groups is 1. The van der Waals surface area contributed by atoms with Crippen LogP contribution in [0, 0.1) is 13.8 Å².